The predicted octanol–water partition coefficient (Wildman–Crippen LogP) is 1.39. The normalized spacial score (nSPS) is 22.9. The molecule has 4 N–H and O–H groups in total. The van der Waals surface area contributed by atoms with Crippen molar-refractivity contribution in [2.24, 2.45) is 17.7 Å². The van der Waals surface area contributed by atoms with Crippen LogP contribution in [-0.4, -0.2) is 16.5 Å². The van der Waals surface area contributed by atoms with Gasteiger partial charge in [-0.2, -0.15) is 0 Å². The fourth-order valence-corrected chi connectivity index (χ4v) is 1.94. The molecule has 1 aromatic rings. The molecule has 0 saturated heterocycles. The van der Waals surface area contributed by atoms with E-state index in [1.54, 1.807) is 0 Å². The molecule has 5 nitrogen and oxygen atoms in total. The van der Waals surface area contributed by atoms with Gasteiger partial charge in [0.15, 0.2) is 0 Å². The lowest BCUT2D eigenvalue weighted by Crippen LogP contribution is -2.15. The van der Waals surface area contributed by atoms with Crippen LogP contribution in [0, 0.1) is 11.8 Å². The topological polar surface area (TPSA) is 75.9 Å². The molecular weight excluding hydrogens is 202 g/mol. The predicted molar refractivity (Wildman–Crippen MR) is 65.0 cm³/mol. The molecule has 0 bridgehead atoms. The van der Waals surface area contributed by atoms with E-state index in [4.69, 9.17) is 5.84 Å². The third-order valence-electron chi connectivity index (χ3n) is 3.24. The first kappa shape index (κ1) is 11.1. The summed E-state index contributed by atoms with van der Waals surface area (Å²) in [7, 11) is 0. The Hall–Kier alpha value is -1.36. The third kappa shape index (κ3) is 2.24. The fraction of sp³-hybridized carbons (Fsp3) is 0.636. The zero-order chi connectivity index (χ0) is 11.5. The molecule has 5 heteroatoms. The second-order valence-corrected chi connectivity index (χ2v) is 4.40. The Bertz CT molecular complexity index is 365. The minimum atomic E-state index is 0.712. The van der Waals surface area contributed by atoms with Crippen LogP contribution in [0.4, 0.5) is 11.6 Å². The van der Waals surface area contributed by atoms with E-state index in [1.807, 2.05) is 0 Å². The molecule has 0 amide bonds. The van der Waals surface area contributed by atoms with Gasteiger partial charge in [-0.25, -0.2) is 15.8 Å². The van der Waals surface area contributed by atoms with Gasteiger partial charge in [-0.15, -0.1) is 0 Å². The van der Waals surface area contributed by atoms with Gasteiger partial charge in [0.25, 0.3) is 0 Å². The van der Waals surface area contributed by atoms with Gasteiger partial charge in [-0.05, 0) is 24.7 Å². The molecule has 2 unspecified atom stereocenters. The Balaban J connectivity index is 2.06. The van der Waals surface area contributed by atoms with Crippen molar-refractivity contribution in [2.45, 2.75) is 26.7 Å². The lowest BCUT2D eigenvalue weighted by molar-refractivity contribution is 0.782. The summed E-state index contributed by atoms with van der Waals surface area (Å²) >= 11 is 0. The Morgan fingerprint density at radius 3 is 2.69 bits per heavy atom. The summed E-state index contributed by atoms with van der Waals surface area (Å²) in [6, 6.07) is 0. The molecule has 88 valence electrons. The van der Waals surface area contributed by atoms with E-state index in [2.05, 4.69) is 34.6 Å². The Labute approximate surface area is 95.8 Å². The summed E-state index contributed by atoms with van der Waals surface area (Å²) in [6.07, 6.45) is 3.72. The van der Waals surface area contributed by atoms with Crippen molar-refractivity contribution in [1.82, 2.24) is 9.97 Å². The molecule has 2 rings (SSSR count). The van der Waals surface area contributed by atoms with Gasteiger partial charge in [0.1, 0.15) is 18.0 Å². The molecule has 1 heterocycles. The monoisotopic (exact) mass is 221 g/mol. The van der Waals surface area contributed by atoms with Gasteiger partial charge in [-0.1, -0.05) is 13.8 Å². The van der Waals surface area contributed by atoms with Crippen LogP contribution in [0.1, 0.15) is 25.8 Å². The number of nitrogen functional groups attached to an aromatic ring is 1. The molecule has 1 aliphatic carbocycles. The average Bonchev–Trinajstić information content (AvgIpc) is 3.02. The number of aromatic nitrogens is 2. The molecule has 1 aromatic heterocycles. The highest BCUT2D eigenvalue weighted by molar-refractivity contribution is 5.56. The number of nitrogens with two attached hydrogens (primary N) is 1. The highest BCUT2D eigenvalue weighted by Crippen LogP contribution is 2.37. The van der Waals surface area contributed by atoms with Gasteiger partial charge in [0.2, 0.25) is 0 Å². The van der Waals surface area contributed by atoms with E-state index < -0.39 is 0 Å². The van der Waals surface area contributed by atoms with E-state index in [9.17, 15) is 0 Å². The number of nitrogens with one attached hydrogen (secondary N) is 2. The highest BCUT2D eigenvalue weighted by Gasteiger charge is 2.32. The zero-order valence-electron chi connectivity index (χ0n) is 9.83. The average molecular weight is 221 g/mol. The maximum absolute atomic E-state index is 5.42. The van der Waals surface area contributed by atoms with Crippen molar-refractivity contribution in [3.63, 3.8) is 0 Å². The molecule has 0 aliphatic heterocycles. The van der Waals surface area contributed by atoms with Crippen LogP contribution in [0.15, 0.2) is 6.33 Å². The minimum Gasteiger partial charge on any atom is -0.369 e. The smallest absolute Gasteiger partial charge is 0.148 e. The molecule has 0 radical (unpaired) electrons. The highest BCUT2D eigenvalue weighted by atomic mass is 15.3. The lowest BCUT2D eigenvalue weighted by atomic mass is 10.2. The largest absolute Gasteiger partial charge is 0.369 e. The van der Waals surface area contributed by atoms with E-state index in [0.717, 1.165) is 36.2 Å². The van der Waals surface area contributed by atoms with Crippen LogP contribution in [0.3, 0.4) is 0 Å². The number of rotatable bonds is 5. The van der Waals surface area contributed by atoms with Crippen LogP contribution in [0.2, 0.25) is 0 Å². The maximum Gasteiger partial charge on any atom is 0.148 e. The standard InChI is InChI=1S/C11H19N5/c1-3-9-10(13-5-8-4-7(8)2)14-6-15-11(9)16-12/h6-8H,3-5,12H2,1-2H3,(H2,13,14,15,16). The van der Waals surface area contributed by atoms with Crippen LogP contribution in [0.5, 0.6) is 0 Å². The summed E-state index contributed by atoms with van der Waals surface area (Å²) in [5.41, 5.74) is 3.66. The summed E-state index contributed by atoms with van der Waals surface area (Å²) < 4.78 is 0. The lowest BCUT2D eigenvalue weighted by Gasteiger charge is -2.12. The third-order valence-corrected chi connectivity index (χ3v) is 3.24. The molecule has 0 spiro atoms. The first-order valence-electron chi connectivity index (χ1n) is 5.80. The zero-order valence-corrected chi connectivity index (χ0v) is 9.83. The first-order valence-corrected chi connectivity index (χ1v) is 5.80. The van der Waals surface area contributed by atoms with E-state index in [0.29, 0.717) is 5.82 Å². The van der Waals surface area contributed by atoms with Gasteiger partial charge < -0.3 is 10.7 Å². The van der Waals surface area contributed by atoms with Crippen LogP contribution < -0.4 is 16.6 Å². The number of nitrogens with zero attached hydrogens (tertiary/aromatic N) is 2. The van der Waals surface area contributed by atoms with Crippen molar-refractivity contribution in [3.05, 3.63) is 11.9 Å². The molecule has 1 aliphatic rings. The maximum atomic E-state index is 5.42. The first-order chi connectivity index (χ1) is 7.76. The Morgan fingerprint density at radius 2 is 2.12 bits per heavy atom. The van der Waals surface area contributed by atoms with Crippen LogP contribution >= 0.6 is 0 Å². The van der Waals surface area contributed by atoms with Crippen molar-refractivity contribution in [2.75, 3.05) is 17.3 Å². The minimum absolute atomic E-state index is 0.712. The SMILES string of the molecule is CCc1c(NN)ncnc1NCC1CC1C. The summed E-state index contributed by atoms with van der Waals surface area (Å²) in [6.45, 7) is 5.35. The van der Waals surface area contributed by atoms with Crippen LogP contribution in [-0.2, 0) is 6.42 Å². The number of hydrogen-bond acceptors (Lipinski definition) is 5. The molecule has 0 aromatic carbocycles. The molecule has 16 heavy (non-hydrogen) atoms. The molecule has 1 saturated carbocycles. The summed E-state index contributed by atoms with van der Waals surface area (Å²) in [5.74, 6) is 8.69. The Kier molecular flexibility index (Phi) is 3.24. The van der Waals surface area contributed by atoms with Gasteiger partial charge >= 0.3 is 0 Å². The van der Waals surface area contributed by atoms with Gasteiger partial charge in [-0.3, -0.25) is 0 Å². The number of anilines is 2. The van der Waals surface area contributed by atoms with E-state index in [1.165, 1.54) is 12.7 Å². The second-order valence-electron chi connectivity index (χ2n) is 4.40. The molecule has 1 fully saturated rings. The summed E-state index contributed by atoms with van der Waals surface area (Å²) in [4.78, 5) is 8.36. The van der Waals surface area contributed by atoms with Gasteiger partial charge in [0, 0.05) is 12.1 Å². The molecular formula is C11H19N5. The van der Waals surface area contributed by atoms with Crippen molar-refractivity contribution >= 4 is 11.6 Å². The molecule has 2 atom stereocenters. The quantitative estimate of drug-likeness (QED) is 0.517. The second kappa shape index (κ2) is 4.65. The van der Waals surface area contributed by atoms with Crippen molar-refractivity contribution in [1.29, 1.82) is 0 Å². The van der Waals surface area contributed by atoms with Crippen molar-refractivity contribution in [3.8, 4) is 0 Å². The van der Waals surface area contributed by atoms with Crippen LogP contribution in [0.25, 0.3) is 0 Å². The number of hydrazine groups is 1. The van der Waals surface area contributed by atoms with Crippen molar-refractivity contribution < 1.29 is 0 Å². The van der Waals surface area contributed by atoms with E-state index >= 15 is 0 Å². The summed E-state index contributed by atoms with van der Waals surface area (Å²) in [5, 5.41) is 3.38. The van der Waals surface area contributed by atoms with E-state index in [-0.39, 0.29) is 0 Å². The fourth-order valence-electron chi connectivity index (χ4n) is 1.94. The Morgan fingerprint density at radius 1 is 1.44 bits per heavy atom. The number of hydrogen-bond donors (Lipinski definition) is 3. The van der Waals surface area contributed by atoms with Gasteiger partial charge in [0.05, 0.1) is 0 Å².